The molecule has 0 rings (SSSR count). The average molecular weight is 259 g/mol. The quantitative estimate of drug-likeness (QED) is 0.559. The Morgan fingerprint density at radius 2 is 1.44 bits per heavy atom. The zero-order chi connectivity index (χ0) is 14.3. The first-order chi connectivity index (χ1) is 8.32. The standard InChI is InChI=1S/C12H21NO5/c1-6-17-10(15)12(8(3)4,13-9(5)14)11(16)18-7-2/h8H,6-7H2,1-5H3,(H,13,14). The molecule has 0 atom stereocenters. The molecule has 6 nitrogen and oxygen atoms in total. The van der Waals surface area contributed by atoms with Crippen molar-refractivity contribution in [3.05, 3.63) is 0 Å². The van der Waals surface area contributed by atoms with E-state index < -0.39 is 29.3 Å². The van der Waals surface area contributed by atoms with Crippen molar-refractivity contribution in [1.29, 1.82) is 0 Å². The molecule has 0 saturated carbocycles. The fraction of sp³-hybridized carbons (Fsp3) is 0.750. The van der Waals surface area contributed by atoms with Crippen molar-refractivity contribution in [2.45, 2.75) is 40.2 Å². The van der Waals surface area contributed by atoms with E-state index in [0.717, 1.165) is 0 Å². The first-order valence-corrected chi connectivity index (χ1v) is 5.96. The van der Waals surface area contributed by atoms with Gasteiger partial charge in [0, 0.05) is 6.92 Å². The maximum Gasteiger partial charge on any atom is 0.343 e. The van der Waals surface area contributed by atoms with E-state index in [1.807, 2.05) is 0 Å². The monoisotopic (exact) mass is 259 g/mol. The van der Waals surface area contributed by atoms with Gasteiger partial charge in [0.1, 0.15) is 0 Å². The number of esters is 2. The lowest BCUT2D eigenvalue weighted by Gasteiger charge is -2.32. The van der Waals surface area contributed by atoms with Gasteiger partial charge in [-0.2, -0.15) is 0 Å². The molecule has 6 heteroatoms. The molecule has 0 aliphatic heterocycles. The molecule has 1 N–H and O–H groups in total. The molecule has 0 aromatic rings. The predicted molar refractivity (Wildman–Crippen MR) is 64.7 cm³/mol. The third-order valence-corrected chi connectivity index (χ3v) is 2.43. The van der Waals surface area contributed by atoms with Crippen LogP contribution in [0.1, 0.15) is 34.6 Å². The first kappa shape index (κ1) is 16.4. The largest absolute Gasteiger partial charge is 0.464 e. The van der Waals surface area contributed by atoms with Gasteiger partial charge < -0.3 is 14.8 Å². The van der Waals surface area contributed by atoms with Gasteiger partial charge >= 0.3 is 11.9 Å². The van der Waals surface area contributed by atoms with Crippen LogP contribution in [0.4, 0.5) is 0 Å². The van der Waals surface area contributed by atoms with Crippen LogP contribution in [0.3, 0.4) is 0 Å². The molecular weight excluding hydrogens is 238 g/mol. The normalized spacial score (nSPS) is 11.0. The van der Waals surface area contributed by atoms with E-state index in [0.29, 0.717) is 0 Å². The van der Waals surface area contributed by atoms with Gasteiger partial charge in [-0.1, -0.05) is 13.8 Å². The SMILES string of the molecule is CCOC(=O)C(NC(C)=O)(C(=O)OCC)C(C)C. The highest BCUT2D eigenvalue weighted by Crippen LogP contribution is 2.21. The maximum atomic E-state index is 12.0. The van der Waals surface area contributed by atoms with E-state index in [9.17, 15) is 14.4 Å². The van der Waals surface area contributed by atoms with Crippen LogP contribution in [-0.2, 0) is 23.9 Å². The van der Waals surface area contributed by atoms with Crippen molar-refractivity contribution >= 4 is 17.8 Å². The lowest BCUT2D eigenvalue weighted by atomic mass is 9.86. The van der Waals surface area contributed by atoms with Gasteiger partial charge in [-0.05, 0) is 19.8 Å². The highest BCUT2D eigenvalue weighted by atomic mass is 16.6. The van der Waals surface area contributed by atoms with Crippen LogP contribution in [0.2, 0.25) is 0 Å². The Labute approximate surface area is 107 Å². The fourth-order valence-corrected chi connectivity index (χ4v) is 1.57. The minimum Gasteiger partial charge on any atom is -0.464 e. The van der Waals surface area contributed by atoms with Crippen LogP contribution in [0.15, 0.2) is 0 Å². The molecule has 104 valence electrons. The molecule has 0 aromatic carbocycles. The van der Waals surface area contributed by atoms with Gasteiger partial charge in [0.2, 0.25) is 11.4 Å². The molecule has 0 saturated heterocycles. The highest BCUT2D eigenvalue weighted by molar-refractivity contribution is 6.08. The van der Waals surface area contributed by atoms with Crippen molar-refractivity contribution in [3.63, 3.8) is 0 Å². The number of rotatable bonds is 6. The third kappa shape index (κ3) is 3.45. The Hall–Kier alpha value is -1.59. The molecule has 0 radical (unpaired) electrons. The Bertz CT molecular complexity index is 306. The average Bonchev–Trinajstić information content (AvgIpc) is 2.25. The Morgan fingerprint density at radius 3 is 1.67 bits per heavy atom. The van der Waals surface area contributed by atoms with Gasteiger partial charge in [-0.15, -0.1) is 0 Å². The Morgan fingerprint density at radius 1 is 1.06 bits per heavy atom. The molecular formula is C12H21NO5. The number of nitrogens with one attached hydrogen (secondary N) is 1. The van der Waals surface area contributed by atoms with Crippen LogP contribution in [0.5, 0.6) is 0 Å². The van der Waals surface area contributed by atoms with Gasteiger partial charge in [-0.25, -0.2) is 9.59 Å². The van der Waals surface area contributed by atoms with E-state index in [4.69, 9.17) is 9.47 Å². The third-order valence-electron chi connectivity index (χ3n) is 2.43. The van der Waals surface area contributed by atoms with Crippen LogP contribution in [0, 0.1) is 5.92 Å². The summed E-state index contributed by atoms with van der Waals surface area (Å²) in [7, 11) is 0. The van der Waals surface area contributed by atoms with Gasteiger partial charge in [0.15, 0.2) is 0 Å². The Kier molecular flexibility index (Phi) is 6.36. The van der Waals surface area contributed by atoms with Gasteiger partial charge in [0.25, 0.3) is 0 Å². The van der Waals surface area contributed by atoms with Crippen LogP contribution < -0.4 is 5.32 Å². The smallest absolute Gasteiger partial charge is 0.343 e. The summed E-state index contributed by atoms with van der Waals surface area (Å²) < 4.78 is 9.77. The van der Waals surface area contributed by atoms with Gasteiger partial charge in [-0.3, -0.25) is 4.79 Å². The van der Waals surface area contributed by atoms with Crippen molar-refractivity contribution in [2.75, 3.05) is 13.2 Å². The minimum absolute atomic E-state index is 0.117. The molecule has 0 spiro atoms. The summed E-state index contributed by atoms with van der Waals surface area (Å²) >= 11 is 0. The van der Waals surface area contributed by atoms with E-state index in [-0.39, 0.29) is 13.2 Å². The lowest BCUT2D eigenvalue weighted by Crippen LogP contribution is -2.64. The van der Waals surface area contributed by atoms with E-state index >= 15 is 0 Å². The molecule has 0 unspecified atom stereocenters. The summed E-state index contributed by atoms with van der Waals surface area (Å²) in [5, 5.41) is 2.37. The molecule has 0 bridgehead atoms. The minimum atomic E-state index is -1.78. The highest BCUT2D eigenvalue weighted by Gasteiger charge is 2.52. The van der Waals surface area contributed by atoms with E-state index in [2.05, 4.69) is 5.32 Å². The summed E-state index contributed by atoms with van der Waals surface area (Å²) in [4.78, 5) is 35.3. The summed E-state index contributed by atoms with van der Waals surface area (Å²) in [6.07, 6.45) is 0. The van der Waals surface area contributed by atoms with Crippen molar-refractivity contribution in [2.24, 2.45) is 5.92 Å². The summed E-state index contributed by atoms with van der Waals surface area (Å²) in [5.41, 5.74) is -1.78. The molecule has 0 aromatic heterocycles. The number of amides is 1. The second-order valence-electron chi connectivity index (χ2n) is 4.08. The maximum absolute atomic E-state index is 12.0. The number of ether oxygens (including phenoxy) is 2. The van der Waals surface area contributed by atoms with Crippen LogP contribution in [-0.4, -0.2) is 36.6 Å². The van der Waals surface area contributed by atoms with E-state index in [1.54, 1.807) is 27.7 Å². The zero-order valence-corrected chi connectivity index (χ0v) is 11.5. The first-order valence-electron chi connectivity index (χ1n) is 5.96. The van der Waals surface area contributed by atoms with Crippen LogP contribution in [0.25, 0.3) is 0 Å². The number of carbonyl (C=O) groups is 3. The molecule has 0 aliphatic rings. The number of hydrogen-bond acceptors (Lipinski definition) is 5. The second kappa shape index (κ2) is 6.98. The molecule has 0 heterocycles. The van der Waals surface area contributed by atoms with Gasteiger partial charge in [0.05, 0.1) is 13.2 Å². The Balaban J connectivity index is 5.48. The van der Waals surface area contributed by atoms with Crippen molar-refractivity contribution < 1.29 is 23.9 Å². The van der Waals surface area contributed by atoms with Crippen molar-refractivity contribution in [1.82, 2.24) is 5.32 Å². The number of hydrogen-bond donors (Lipinski definition) is 1. The molecule has 18 heavy (non-hydrogen) atoms. The summed E-state index contributed by atoms with van der Waals surface area (Å²) in [5.74, 6) is -2.58. The summed E-state index contributed by atoms with van der Waals surface area (Å²) in [6, 6.07) is 0. The second-order valence-corrected chi connectivity index (χ2v) is 4.08. The molecule has 0 aliphatic carbocycles. The predicted octanol–water partition coefficient (Wildman–Crippen LogP) is 0.643. The zero-order valence-electron chi connectivity index (χ0n) is 11.5. The molecule has 1 amide bonds. The molecule has 0 fully saturated rings. The van der Waals surface area contributed by atoms with Crippen molar-refractivity contribution in [3.8, 4) is 0 Å². The van der Waals surface area contributed by atoms with Crippen LogP contribution >= 0.6 is 0 Å². The summed E-state index contributed by atoms with van der Waals surface area (Å²) in [6.45, 7) is 8.01. The number of carbonyl (C=O) groups excluding carboxylic acids is 3. The lowest BCUT2D eigenvalue weighted by molar-refractivity contribution is -0.170. The van der Waals surface area contributed by atoms with E-state index in [1.165, 1.54) is 6.92 Å². The fourth-order valence-electron chi connectivity index (χ4n) is 1.57. The topological polar surface area (TPSA) is 81.7 Å².